The number of aliphatic carboxylic acids is 1. The molecule has 4 heterocycles. The number of benzene rings is 1. The standard InChI is InChI=1S/C25H27N7O2S/c1-12-11-19(31(6)30-12)26-18-9-7-17(8-10-18)22-20-13(2)15(4)35-24(20)32-16(5)28-29-23(32)21(27-22)14(3)25(33)34/h7-11,14,21,26H,1-6H3,(H,33,34)/t14?,21-/m0/s1. The maximum atomic E-state index is 12.0. The summed E-state index contributed by atoms with van der Waals surface area (Å²) in [6, 6.07) is 9.35. The third-order valence-corrected chi connectivity index (χ3v) is 7.68. The Kier molecular flexibility index (Phi) is 5.55. The summed E-state index contributed by atoms with van der Waals surface area (Å²) in [5, 5.41) is 27.2. The van der Waals surface area contributed by atoms with Crippen LogP contribution in [0.1, 0.15) is 51.9 Å². The highest BCUT2D eigenvalue weighted by atomic mass is 32.1. The number of hydrogen-bond acceptors (Lipinski definition) is 7. The molecule has 10 heteroatoms. The topological polar surface area (TPSA) is 110 Å². The van der Waals surface area contributed by atoms with Crippen molar-refractivity contribution in [1.29, 1.82) is 0 Å². The molecule has 1 aromatic carbocycles. The smallest absolute Gasteiger partial charge is 0.308 e. The molecule has 2 atom stereocenters. The minimum Gasteiger partial charge on any atom is -0.481 e. The number of fused-ring (bicyclic) bond motifs is 3. The van der Waals surface area contributed by atoms with Crippen molar-refractivity contribution >= 4 is 34.5 Å². The molecule has 0 saturated heterocycles. The quantitative estimate of drug-likeness (QED) is 0.422. The average Bonchev–Trinajstić information content (AvgIpc) is 3.40. The molecule has 1 aliphatic rings. The largest absolute Gasteiger partial charge is 0.481 e. The van der Waals surface area contributed by atoms with E-state index < -0.39 is 17.9 Å². The van der Waals surface area contributed by atoms with E-state index in [9.17, 15) is 9.90 Å². The van der Waals surface area contributed by atoms with Crippen LogP contribution < -0.4 is 5.32 Å². The van der Waals surface area contributed by atoms with E-state index in [0.717, 1.165) is 44.6 Å². The van der Waals surface area contributed by atoms with Crippen molar-refractivity contribution < 1.29 is 9.90 Å². The Morgan fingerprint density at radius 1 is 1.14 bits per heavy atom. The van der Waals surface area contributed by atoms with Gasteiger partial charge in [-0.2, -0.15) is 5.10 Å². The van der Waals surface area contributed by atoms with E-state index in [1.807, 2.05) is 55.8 Å². The second kappa shape index (κ2) is 8.46. The number of aromatic nitrogens is 5. The van der Waals surface area contributed by atoms with Crippen LogP contribution in [-0.4, -0.2) is 41.3 Å². The second-order valence-corrected chi connectivity index (χ2v) is 10.2. The van der Waals surface area contributed by atoms with Gasteiger partial charge in [-0.05, 0) is 52.3 Å². The molecule has 0 radical (unpaired) electrons. The molecule has 5 rings (SSSR count). The molecular weight excluding hydrogens is 462 g/mol. The molecule has 4 aromatic rings. The highest BCUT2D eigenvalue weighted by Crippen LogP contribution is 2.40. The number of nitrogens with zero attached hydrogens (tertiary/aromatic N) is 6. The molecule has 0 aliphatic carbocycles. The van der Waals surface area contributed by atoms with Gasteiger partial charge in [0, 0.05) is 34.8 Å². The van der Waals surface area contributed by atoms with E-state index in [2.05, 4.69) is 34.5 Å². The van der Waals surface area contributed by atoms with Crippen LogP contribution >= 0.6 is 11.3 Å². The molecule has 0 spiro atoms. The van der Waals surface area contributed by atoms with Crippen LogP contribution in [0.5, 0.6) is 0 Å². The third-order valence-electron chi connectivity index (χ3n) is 6.49. The first-order chi connectivity index (χ1) is 16.7. The Bertz CT molecular complexity index is 1480. The molecular formula is C25H27N7O2S. The van der Waals surface area contributed by atoms with Crippen molar-refractivity contribution in [2.75, 3.05) is 5.32 Å². The van der Waals surface area contributed by atoms with Gasteiger partial charge in [-0.15, -0.1) is 21.5 Å². The molecule has 0 amide bonds. The first-order valence-electron chi connectivity index (χ1n) is 11.4. The Labute approximate surface area is 207 Å². The lowest BCUT2D eigenvalue weighted by Gasteiger charge is -2.16. The number of anilines is 2. The zero-order chi connectivity index (χ0) is 25.0. The van der Waals surface area contributed by atoms with Crippen molar-refractivity contribution in [3.63, 3.8) is 0 Å². The van der Waals surface area contributed by atoms with Crippen LogP contribution in [0.2, 0.25) is 0 Å². The van der Waals surface area contributed by atoms with Gasteiger partial charge in [-0.1, -0.05) is 12.1 Å². The maximum absolute atomic E-state index is 12.0. The van der Waals surface area contributed by atoms with E-state index in [-0.39, 0.29) is 0 Å². The van der Waals surface area contributed by atoms with Crippen LogP contribution in [0.4, 0.5) is 11.5 Å². The number of rotatable bonds is 5. The summed E-state index contributed by atoms with van der Waals surface area (Å²) in [5.41, 5.74) is 5.67. The number of thiophene rings is 1. The molecule has 9 nitrogen and oxygen atoms in total. The number of nitrogens with one attached hydrogen (secondary N) is 1. The van der Waals surface area contributed by atoms with E-state index in [1.165, 1.54) is 4.88 Å². The fraction of sp³-hybridized carbons (Fsp3) is 0.320. The molecule has 0 bridgehead atoms. The Hall–Kier alpha value is -3.79. The van der Waals surface area contributed by atoms with Crippen molar-refractivity contribution in [3.05, 3.63) is 69.2 Å². The third kappa shape index (κ3) is 3.83. The Morgan fingerprint density at radius 2 is 1.86 bits per heavy atom. The average molecular weight is 490 g/mol. The van der Waals surface area contributed by atoms with Gasteiger partial charge >= 0.3 is 5.97 Å². The first kappa shape index (κ1) is 23.0. The predicted molar refractivity (Wildman–Crippen MR) is 136 cm³/mol. The number of carboxylic acid groups (broad SMARTS) is 1. The van der Waals surface area contributed by atoms with E-state index in [0.29, 0.717) is 11.6 Å². The molecule has 180 valence electrons. The molecule has 1 unspecified atom stereocenters. The highest BCUT2D eigenvalue weighted by Gasteiger charge is 2.36. The van der Waals surface area contributed by atoms with E-state index in [4.69, 9.17) is 4.99 Å². The van der Waals surface area contributed by atoms with Gasteiger partial charge in [-0.25, -0.2) is 0 Å². The molecule has 1 aliphatic heterocycles. The van der Waals surface area contributed by atoms with Gasteiger partial charge in [0.1, 0.15) is 22.7 Å². The maximum Gasteiger partial charge on any atom is 0.308 e. The number of aliphatic imine (C=N–C) groups is 1. The summed E-state index contributed by atoms with van der Waals surface area (Å²) in [6.45, 7) is 9.69. The summed E-state index contributed by atoms with van der Waals surface area (Å²) < 4.78 is 3.78. The second-order valence-electron chi connectivity index (χ2n) is 8.95. The van der Waals surface area contributed by atoms with E-state index >= 15 is 0 Å². The lowest BCUT2D eigenvalue weighted by Crippen LogP contribution is -2.21. The summed E-state index contributed by atoms with van der Waals surface area (Å²) in [6.07, 6.45) is 0. The molecule has 0 fully saturated rings. The van der Waals surface area contributed by atoms with Gasteiger partial charge in [0.2, 0.25) is 0 Å². The van der Waals surface area contributed by atoms with Crippen molar-refractivity contribution in [2.24, 2.45) is 18.0 Å². The summed E-state index contributed by atoms with van der Waals surface area (Å²) >= 11 is 1.65. The van der Waals surface area contributed by atoms with Gasteiger partial charge < -0.3 is 10.4 Å². The van der Waals surface area contributed by atoms with Gasteiger partial charge in [-0.3, -0.25) is 19.0 Å². The van der Waals surface area contributed by atoms with Gasteiger partial charge in [0.25, 0.3) is 0 Å². The van der Waals surface area contributed by atoms with Crippen molar-refractivity contribution in [2.45, 2.75) is 40.7 Å². The van der Waals surface area contributed by atoms with Crippen LogP contribution in [0, 0.1) is 33.6 Å². The predicted octanol–water partition coefficient (Wildman–Crippen LogP) is 4.65. The lowest BCUT2D eigenvalue weighted by atomic mass is 9.98. The minimum absolute atomic E-state index is 0.555. The number of carboxylic acids is 1. The zero-order valence-corrected chi connectivity index (χ0v) is 21.3. The van der Waals surface area contributed by atoms with Crippen LogP contribution in [-0.2, 0) is 11.8 Å². The first-order valence-corrected chi connectivity index (χ1v) is 12.2. The van der Waals surface area contributed by atoms with Crippen LogP contribution in [0.3, 0.4) is 0 Å². The number of aryl methyl sites for hydroxylation is 4. The summed E-state index contributed by atoms with van der Waals surface area (Å²) in [5.74, 6) is 0.482. The van der Waals surface area contributed by atoms with Crippen LogP contribution in [0.25, 0.3) is 5.00 Å². The summed E-state index contributed by atoms with van der Waals surface area (Å²) in [7, 11) is 1.90. The number of hydrogen-bond donors (Lipinski definition) is 2. The zero-order valence-electron chi connectivity index (χ0n) is 20.5. The van der Waals surface area contributed by atoms with Crippen molar-refractivity contribution in [1.82, 2.24) is 24.5 Å². The van der Waals surface area contributed by atoms with Gasteiger partial charge in [0.05, 0.1) is 17.3 Å². The molecule has 0 saturated carbocycles. The van der Waals surface area contributed by atoms with Gasteiger partial charge in [0.15, 0.2) is 5.82 Å². The van der Waals surface area contributed by atoms with E-state index in [1.54, 1.807) is 22.9 Å². The fourth-order valence-corrected chi connectivity index (χ4v) is 5.62. The Morgan fingerprint density at radius 3 is 2.49 bits per heavy atom. The number of carbonyl (C=O) groups is 1. The molecule has 2 N–H and O–H groups in total. The van der Waals surface area contributed by atoms with Crippen LogP contribution in [0.15, 0.2) is 35.3 Å². The molecule has 3 aromatic heterocycles. The fourth-order valence-electron chi connectivity index (χ4n) is 4.40. The Balaban J connectivity index is 1.64. The van der Waals surface area contributed by atoms with Crippen molar-refractivity contribution in [3.8, 4) is 5.00 Å². The summed E-state index contributed by atoms with van der Waals surface area (Å²) in [4.78, 5) is 18.2. The lowest BCUT2D eigenvalue weighted by molar-refractivity contribution is -0.141. The normalized spacial score (nSPS) is 15.7. The molecule has 35 heavy (non-hydrogen) atoms. The minimum atomic E-state index is -0.922. The highest BCUT2D eigenvalue weighted by molar-refractivity contribution is 7.15. The SMILES string of the molecule is Cc1cc(Nc2ccc(C3=N[C@@H](C(C)C(=O)O)c4nnc(C)n4-c4sc(C)c(C)c43)cc2)n(C)n1. The monoisotopic (exact) mass is 489 g/mol.